The molecule has 0 bridgehead atoms. The smallest absolute Gasteiger partial charge is 0.427 e. The molecule has 0 saturated heterocycles. The van der Waals surface area contributed by atoms with Crippen molar-refractivity contribution in [3.8, 4) is 0 Å². The van der Waals surface area contributed by atoms with Crippen LogP contribution in [0.3, 0.4) is 0 Å². The molecule has 0 amide bonds. The van der Waals surface area contributed by atoms with Crippen LogP contribution < -0.4 is 11.1 Å². The Morgan fingerprint density at radius 3 is 2.39 bits per heavy atom. The minimum Gasteiger partial charge on any atom is -0.427 e. The lowest BCUT2D eigenvalue weighted by atomic mass is 9.83. The van der Waals surface area contributed by atoms with Crippen LogP contribution in [0.1, 0.15) is 38.5 Å². The van der Waals surface area contributed by atoms with Crippen LogP contribution in [-0.4, -0.2) is 41.9 Å². The van der Waals surface area contributed by atoms with Crippen LogP contribution in [0.5, 0.6) is 0 Å². The molecule has 6 nitrogen and oxygen atoms in total. The number of hydrogen-bond donors (Lipinski definition) is 4. The Morgan fingerprint density at radius 2 is 1.89 bits per heavy atom. The van der Waals surface area contributed by atoms with E-state index in [0.29, 0.717) is 6.32 Å². The van der Waals surface area contributed by atoms with Gasteiger partial charge >= 0.3 is 13.3 Å². The third kappa shape index (κ3) is 13.4. The van der Waals surface area contributed by atoms with Crippen LogP contribution in [0.4, 0.5) is 0 Å². The molecule has 5 N–H and O–H groups in total. The van der Waals surface area contributed by atoms with Crippen molar-refractivity contribution < 1.29 is 19.6 Å². The molecule has 0 aromatic rings. The molecule has 0 aromatic heterocycles. The molecular weight excluding hydrogens is 235 g/mol. The molecule has 1 aliphatic rings. The predicted octanol–water partition coefficient (Wildman–Crippen LogP) is -0.485. The molecule has 1 saturated carbocycles. The summed E-state index contributed by atoms with van der Waals surface area (Å²) in [6.07, 6.45) is 7.21. The molecule has 0 spiro atoms. The van der Waals surface area contributed by atoms with E-state index in [1.807, 2.05) is 0 Å². The van der Waals surface area contributed by atoms with E-state index in [-0.39, 0.29) is 12.2 Å². The average molecular weight is 258 g/mol. The van der Waals surface area contributed by atoms with Gasteiger partial charge in [0.25, 0.3) is 0 Å². The van der Waals surface area contributed by atoms with Gasteiger partial charge in [-0.25, -0.2) is 0 Å². The van der Waals surface area contributed by atoms with Crippen molar-refractivity contribution in [2.75, 3.05) is 6.54 Å². The molecule has 1 fully saturated rings. The summed E-state index contributed by atoms with van der Waals surface area (Å²) in [6, 6.07) is 1.02. The molecular formula is C11H23BN2O4. The summed E-state index contributed by atoms with van der Waals surface area (Å²) in [5, 5.41) is 20.7. The molecule has 1 aliphatic carbocycles. The van der Waals surface area contributed by atoms with Crippen molar-refractivity contribution in [2.45, 2.75) is 56.9 Å². The Bertz CT molecular complexity index is 231. The lowest BCUT2D eigenvalue weighted by molar-refractivity contribution is -0.191. The van der Waals surface area contributed by atoms with Gasteiger partial charge in [-0.3, -0.25) is 0 Å². The molecule has 1 unspecified atom stereocenters. The van der Waals surface area contributed by atoms with E-state index in [0.717, 1.165) is 38.3 Å². The zero-order chi connectivity index (χ0) is 13.8. The summed E-state index contributed by atoms with van der Waals surface area (Å²) >= 11 is 0. The van der Waals surface area contributed by atoms with Gasteiger partial charge in [-0.15, -0.1) is 0 Å². The summed E-state index contributed by atoms with van der Waals surface area (Å²) in [5.41, 5.74) is 5.93. The first-order valence-electron chi connectivity index (χ1n) is 6.44. The number of unbranched alkanes of at least 4 members (excludes halogenated alkanes) is 1. The molecule has 18 heavy (non-hydrogen) atoms. The third-order valence-corrected chi connectivity index (χ3v) is 2.81. The predicted molar refractivity (Wildman–Crippen MR) is 67.5 cm³/mol. The highest BCUT2D eigenvalue weighted by atomic mass is 16.4. The molecule has 0 aromatic carbocycles. The average Bonchev–Trinajstić information content (AvgIpc) is 3.09. The van der Waals surface area contributed by atoms with E-state index in [1.54, 1.807) is 0 Å². The maximum atomic E-state index is 8.64. The quantitative estimate of drug-likeness (QED) is 0.328. The standard InChI is InChI=1S/C10H23BN2O2.CO2/c12-9(3-1-2-7-11(14)15)6-8-13-10-4-5-10;2-1-3/h9-10,13-15H,1-8,12H2;. The number of carbonyl (C=O) groups excluding carboxylic acids is 2. The molecule has 104 valence electrons. The number of nitrogens with one attached hydrogen (secondary N) is 1. The summed E-state index contributed by atoms with van der Waals surface area (Å²) in [5.74, 6) is 0. The second-order valence-electron chi connectivity index (χ2n) is 4.63. The van der Waals surface area contributed by atoms with E-state index in [2.05, 4.69) is 5.32 Å². The van der Waals surface area contributed by atoms with Gasteiger partial charge < -0.3 is 21.1 Å². The van der Waals surface area contributed by atoms with Crippen molar-refractivity contribution in [1.29, 1.82) is 0 Å². The van der Waals surface area contributed by atoms with Gasteiger partial charge in [0.15, 0.2) is 0 Å². The lowest BCUT2D eigenvalue weighted by Crippen LogP contribution is -2.27. The van der Waals surface area contributed by atoms with Crippen LogP contribution >= 0.6 is 0 Å². The normalized spacial score (nSPS) is 15.3. The number of nitrogens with two attached hydrogens (primary N) is 1. The Hall–Kier alpha value is -0.715. The van der Waals surface area contributed by atoms with Gasteiger partial charge in [0.1, 0.15) is 0 Å². The molecule has 0 heterocycles. The third-order valence-electron chi connectivity index (χ3n) is 2.81. The largest absolute Gasteiger partial charge is 0.451 e. The number of hydrogen-bond acceptors (Lipinski definition) is 6. The van der Waals surface area contributed by atoms with Gasteiger partial charge in [0, 0.05) is 12.1 Å². The molecule has 0 radical (unpaired) electrons. The van der Waals surface area contributed by atoms with Crippen molar-refractivity contribution in [1.82, 2.24) is 5.32 Å². The summed E-state index contributed by atoms with van der Waals surface area (Å²) in [6.45, 7) is 1.02. The fourth-order valence-electron chi connectivity index (χ4n) is 1.64. The van der Waals surface area contributed by atoms with Gasteiger partial charge in [0.05, 0.1) is 0 Å². The highest BCUT2D eigenvalue weighted by molar-refractivity contribution is 6.40. The Kier molecular flexibility index (Phi) is 10.9. The zero-order valence-electron chi connectivity index (χ0n) is 10.7. The van der Waals surface area contributed by atoms with Crippen LogP contribution in [0, 0.1) is 0 Å². The van der Waals surface area contributed by atoms with Gasteiger partial charge in [-0.05, 0) is 38.5 Å². The minimum atomic E-state index is -1.15. The van der Waals surface area contributed by atoms with Crippen LogP contribution in [0.2, 0.25) is 6.32 Å². The molecule has 0 aliphatic heterocycles. The van der Waals surface area contributed by atoms with E-state index < -0.39 is 7.12 Å². The zero-order valence-corrected chi connectivity index (χ0v) is 10.7. The molecule has 1 rings (SSSR count). The minimum absolute atomic E-state index is 0.250. The Labute approximate surface area is 108 Å². The molecule has 1 atom stereocenters. The van der Waals surface area contributed by atoms with Gasteiger partial charge in [-0.2, -0.15) is 9.59 Å². The first-order valence-corrected chi connectivity index (χ1v) is 6.44. The lowest BCUT2D eigenvalue weighted by Gasteiger charge is -2.11. The first kappa shape index (κ1) is 17.3. The maximum Gasteiger partial charge on any atom is 0.451 e. The van der Waals surface area contributed by atoms with Crippen molar-refractivity contribution in [2.24, 2.45) is 5.73 Å². The van der Waals surface area contributed by atoms with Crippen molar-refractivity contribution in [3.63, 3.8) is 0 Å². The Morgan fingerprint density at radius 1 is 1.28 bits per heavy atom. The highest BCUT2D eigenvalue weighted by Crippen LogP contribution is 2.18. The van der Waals surface area contributed by atoms with Crippen molar-refractivity contribution >= 4 is 13.3 Å². The van der Waals surface area contributed by atoms with Gasteiger partial charge in [-0.1, -0.05) is 12.8 Å². The molecule has 7 heteroatoms. The van der Waals surface area contributed by atoms with E-state index in [4.69, 9.17) is 25.4 Å². The highest BCUT2D eigenvalue weighted by Gasteiger charge is 2.19. The second kappa shape index (κ2) is 11.4. The fraction of sp³-hybridized carbons (Fsp3) is 0.909. The van der Waals surface area contributed by atoms with Crippen LogP contribution in [-0.2, 0) is 9.59 Å². The van der Waals surface area contributed by atoms with E-state index in [1.165, 1.54) is 12.8 Å². The monoisotopic (exact) mass is 258 g/mol. The SMILES string of the molecule is NC(CCCCB(O)O)CCNC1CC1.O=C=O. The summed E-state index contributed by atoms with van der Waals surface area (Å²) in [4.78, 5) is 16.2. The van der Waals surface area contributed by atoms with Crippen LogP contribution in [0.25, 0.3) is 0 Å². The first-order chi connectivity index (χ1) is 8.60. The van der Waals surface area contributed by atoms with Crippen LogP contribution in [0.15, 0.2) is 0 Å². The van der Waals surface area contributed by atoms with E-state index >= 15 is 0 Å². The van der Waals surface area contributed by atoms with E-state index in [9.17, 15) is 0 Å². The topological polar surface area (TPSA) is 113 Å². The second-order valence-corrected chi connectivity index (χ2v) is 4.63. The summed E-state index contributed by atoms with van der Waals surface area (Å²) in [7, 11) is -1.15. The van der Waals surface area contributed by atoms with Gasteiger partial charge in [0.2, 0.25) is 0 Å². The van der Waals surface area contributed by atoms with Crippen molar-refractivity contribution in [3.05, 3.63) is 0 Å². The Balaban J connectivity index is 0.000000873. The number of rotatable bonds is 9. The fourth-order valence-corrected chi connectivity index (χ4v) is 1.64. The maximum absolute atomic E-state index is 8.64. The summed E-state index contributed by atoms with van der Waals surface area (Å²) < 4.78 is 0.